The quantitative estimate of drug-likeness (QED) is 0.612. The minimum atomic E-state index is -0.202. The number of fused-ring (bicyclic) bond motifs is 1. The lowest BCUT2D eigenvalue weighted by atomic mass is 9.86. The summed E-state index contributed by atoms with van der Waals surface area (Å²) in [4.78, 5) is 23.9. The summed E-state index contributed by atoms with van der Waals surface area (Å²) in [5.41, 5.74) is 3.80. The molecular weight excluding hydrogens is 404 g/mol. The Bertz CT molecular complexity index is 1100. The lowest BCUT2D eigenvalue weighted by Gasteiger charge is -2.34. The van der Waals surface area contributed by atoms with Crippen molar-refractivity contribution in [2.24, 2.45) is 5.92 Å². The van der Waals surface area contributed by atoms with Crippen LogP contribution in [0.2, 0.25) is 0 Å². The van der Waals surface area contributed by atoms with Crippen LogP contribution in [0.1, 0.15) is 67.4 Å². The molecule has 1 saturated carbocycles. The fourth-order valence-electron chi connectivity index (χ4n) is 5.11. The molecule has 3 aromatic rings. The molecular formula is C24H32N6O2. The Morgan fingerprint density at radius 2 is 2.00 bits per heavy atom. The van der Waals surface area contributed by atoms with Gasteiger partial charge in [-0.3, -0.25) is 4.79 Å². The van der Waals surface area contributed by atoms with E-state index in [9.17, 15) is 4.79 Å². The van der Waals surface area contributed by atoms with Gasteiger partial charge in [-0.05, 0) is 38.7 Å². The molecule has 1 amide bonds. The van der Waals surface area contributed by atoms with Gasteiger partial charge >= 0.3 is 0 Å². The van der Waals surface area contributed by atoms with E-state index >= 15 is 0 Å². The van der Waals surface area contributed by atoms with Gasteiger partial charge in [0.15, 0.2) is 5.65 Å². The van der Waals surface area contributed by atoms with Crippen molar-refractivity contribution in [2.45, 2.75) is 65.0 Å². The zero-order valence-corrected chi connectivity index (χ0v) is 19.0. The number of nitrogens with zero attached hydrogens (tertiary/aromatic N) is 6. The first-order valence-corrected chi connectivity index (χ1v) is 11.8. The first-order valence-electron chi connectivity index (χ1n) is 11.8. The molecule has 5 rings (SSSR count). The molecule has 170 valence electrons. The summed E-state index contributed by atoms with van der Waals surface area (Å²) in [6, 6.07) is 1.96. The SMILES string of the molecule is Cc1nn2c([C@@H]3CN(C(=O)CC4CCCCC4)CCO3)ccnc2c1Cn1ccnc1C. The summed E-state index contributed by atoms with van der Waals surface area (Å²) < 4.78 is 10.1. The van der Waals surface area contributed by atoms with Crippen LogP contribution in [0.15, 0.2) is 24.7 Å². The topological polar surface area (TPSA) is 77.5 Å². The number of imidazole rings is 1. The molecule has 1 atom stereocenters. The lowest BCUT2D eigenvalue weighted by molar-refractivity contribution is -0.140. The summed E-state index contributed by atoms with van der Waals surface area (Å²) in [7, 11) is 0. The molecule has 4 heterocycles. The number of aromatic nitrogens is 5. The molecule has 2 fully saturated rings. The Morgan fingerprint density at radius 1 is 1.16 bits per heavy atom. The average molecular weight is 437 g/mol. The zero-order chi connectivity index (χ0) is 22.1. The van der Waals surface area contributed by atoms with Gasteiger partial charge in [-0.15, -0.1) is 0 Å². The van der Waals surface area contributed by atoms with Crippen LogP contribution in [0.3, 0.4) is 0 Å². The molecule has 0 N–H and O–H groups in total. The molecule has 8 nitrogen and oxygen atoms in total. The zero-order valence-electron chi connectivity index (χ0n) is 19.0. The Morgan fingerprint density at radius 3 is 2.78 bits per heavy atom. The number of aryl methyl sites for hydroxylation is 2. The number of carbonyl (C=O) groups excluding carboxylic acids is 1. The first kappa shape index (κ1) is 21.1. The van der Waals surface area contributed by atoms with Crippen molar-refractivity contribution < 1.29 is 9.53 Å². The number of rotatable bonds is 5. The fourth-order valence-corrected chi connectivity index (χ4v) is 5.11. The van der Waals surface area contributed by atoms with Crippen molar-refractivity contribution in [2.75, 3.05) is 19.7 Å². The molecule has 1 aliphatic heterocycles. The Kier molecular flexibility index (Phi) is 5.95. The van der Waals surface area contributed by atoms with E-state index in [0.717, 1.165) is 28.4 Å². The summed E-state index contributed by atoms with van der Waals surface area (Å²) in [6.07, 6.45) is 12.3. The van der Waals surface area contributed by atoms with E-state index in [0.29, 0.717) is 38.6 Å². The van der Waals surface area contributed by atoms with Gasteiger partial charge in [0.05, 0.1) is 31.1 Å². The van der Waals surface area contributed by atoms with Crippen LogP contribution in [-0.4, -0.2) is 54.7 Å². The van der Waals surface area contributed by atoms with Crippen LogP contribution in [-0.2, 0) is 16.1 Å². The molecule has 0 bridgehead atoms. The normalized spacial score (nSPS) is 20.2. The van der Waals surface area contributed by atoms with Crippen molar-refractivity contribution in [1.82, 2.24) is 29.0 Å². The highest BCUT2D eigenvalue weighted by Crippen LogP contribution is 2.29. The van der Waals surface area contributed by atoms with Crippen molar-refractivity contribution in [3.8, 4) is 0 Å². The van der Waals surface area contributed by atoms with Gasteiger partial charge in [0.2, 0.25) is 5.91 Å². The van der Waals surface area contributed by atoms with Gasteiger partial charge in [-0.2, -0.15) is 5.10 Å². The molecule has 1 saturated heterocycles. The highest BCUT2D eigenvalue weighted by atomic mass is 16.5. The minimum Gasteiger partial charge on any atom is -0.368 e. The van der Waals surface area contributed by atoms with E-state index in [-0.39, 0.29) is 12.0 Å². The Labute approximate surface area is 188 Å². The van der Waals surface area contributed by atoms with E-state index < -0.39 is 0 Å². The van der Waals surface area contributed by atoms with Crippen molar-refractivity contribution in [1.29, 1.82) is 0 Å². The largest absolute Gasteiger partial charge is 0.368 e. The predicted octanol–water partition coefficient (Wildman–Crippen LogP) is 3.46. The van der Waals surface area contributed by atoms with Crippen molar-refractivity contribution in [3.63, 3.8) is 0 Å². The van der Waals surface area contributed by atoms with E-state index in [1.54, 1.807) is 0 Å². The Hall–Kier alpha value is -2.74. The maximum absolute atomic E-state index is 13.0. The minimum absolute atomic E-state index is 0.202. The summed E-state index contributed by atoms with van der Waals surface area (Å²) >= 11 is 0. The van der Waals surface area contributed by atoms with Gasteiger partial charge in [0.1, 0.15) is 11.9 Å². The number of hydrogen-bond donors (Lipinski definition) is 0. The second-order valence-corrected chi connectivity index (χ2v) is 9.18. The van der Waals surface area contributed by atoms with Gasteiger partial charge in [0, 0.05) is 37.1 Å². The van der Waals surface area contributed by atoms with Gasteiger partial charge in [-0.1, -0.05) is 19.3 Å². The molecule has 0 radical (unpaired) electrons. The highest BCUT2D eigenvalue weighted by molar-refractivity contribution is 5.76. The van der Waals surface area contributed by atoms with E-state index in [1.807, 2.05) is 47.9 Å². The molecule has 0 spiro atoms. The number of ether oxygens (including phenoxy) is 1. The number of amides is 1. The van der Waals surface area contributed by atoms with Crippen LogP contribution in [0.25, 0.3) is 5.65 Å². The maximum atomic E-state index is 13.0. The molecule has 8 heteroatoms. The first-order chi connectivity index (χ1) is 15.6. The molecule has 2 aliphatic rings. The standard InChI is InChI=1S/C24H32N6O2/c1-17-20(15-28-11-10-25-18(28)2)24-26-9-8-21(30(24)27-17)22-16-29(12-13-32-22)23(31)14-19-6-4-3-5-7-19/h8-11,19,22H,3-7,12-16H2,1-2H3/t22-/m0/s1. The van der Waals surface area contributed by atoms with Crippen LogP contribution >= 0.6 is 0 Å². The predicted molar refractivity (Wildman–Crippen MR) is 120 cm³/mol. The maximum Gasteiger partial charge on any atom is 0.223 e. The van der Waals surface area contributed by atoms with Crippen LogP contribution in [0.4, 0.5) is 0 Å². The third-order valence-corrected chi connectivity index (χ3v) is 7.03. The van der Waals surface area contributed by atoms with E-state index in [1.165, 1.54) is 32.1 Å². The van der Waals surface area contributed by atoms with Crippen LogP contribution in [0, 0.1) is 19.8 Å². The summed E-state index contributed by atoms with van der Waals surface area (Å²) in [6.45, 7) is 6.47. The molecule has 1 aliphatic carbocycles. The third kappa shape index (κ3) is 4.16. The van der Waals surface area contributed by atoms with Crippen LogP contribution in [0.5, 0.6) is 0 Å². The number of hydrogen-bond acceptors (Lipinski definition) is 5. The fraction of sp³-hybridized carbons (Fsp3) is 0.583. The summed E-state index contributed by atoms with van der Waals surface area (Å²) in [5.74, 6) is 1.78. The van der Waals surface area contributed by atoms with E-state index in [4.69, 9.17) is 9.84 Å². The van der Waals surface area contributed by atoms with Gasteiger partial charge in [-0.25, -0.2) is 14.5 Å². The lowest BCUT2D eigenvalue weighted by Crippen LogP contribution is -2.43. The number of morpholine rings is 1. The smallest absolute Gasteiger partial charge is 0.223 e. The summed E-state index contributed by atoms with van der Waals surface area (Å²) in [5, 5.41) is 4.80. The van der Waals surface area contributed by atoms with Crippen LogP contribution < -0.4 is 0 Å². The highest BCUT2D eigenvalue weighted by Gasteiger charge is 2.29. The molecule has 32 heavy (non-hydrogen) atoms. The third-order valence-electron chi connectivity index (χ3n) is 7.03. The molecule has 0 unspecified atom stereocenters. The van der Waals surface area contributed by atoms with Crippen molar-refractivity contribution in [3.05, 3.63) is 47.4 Å². The molecule has 0 aromatic carbocycles. The monoisotopic (exact) mass is 436 g/mol. The van der Waals surface area contributed by atoms with Gasteiger partial charge < -0.3 is 14.2 Å². The Balaban J connectivity index is 1.36. The van der Waals surface area contributed by atoms with E-state index in [2.05, 4.69) is 14.5 Å². The second-order valence-electron chi connectivity index (χ2n) is 9.18. The average Bonchev–Trinajstić information content (AvgIpc) is 3.37. The number of carbonyl (C=O) groups is 1. The van der Waals surface area contributed by atoms with Gasteiger partial charge in [0.25, 0.3) is 0 Å². The second kappa shape index (κ2) is 9.02. The van der Waals surface area contributed by atoms with Crippen molar-refractivity contribution >= 4 is 11.6 Å². The molecule has 3 aromatic heterocycles.